The number of aryl methyl sites for hydroxylation is 1. The summed E-state index contributed by atoms with van der Waals surface area (Å²) in [5.74, 6) is 0.800. The van der Waals surface area contributed by atoms with Crippen LogP contribution in [0.25, 0.3) is 0 Å². The van der Waals surface area contributed by atoms with Crippen LogP contribution in [0.4, 0.5) is 0 Å². The summed E-state index contributed by atoms with van der Waals surface area (Å²) in [6.45, 7) is 3.31. The SMILES string of the molecule is CNC(C(=O)N1CCC(CC(=O)N2CCCC2)CC1)c1cnn(C)c1. The van der Waals surface area contributed by atoms with Crippen molar-refractivity contribution in [2.75, 3.05) is 33.2 Å². The summed E-state index contributed by atoms with van der Waals surface area (Å²) < 4.78 is 1.71. The fourth-order valence-electron chi connectivity index (χ4n) is 3.90. The van der Waals surface area contributed by atoms with E-state index in [2.05, 4.69) is 10.4 Å². The number of aromatic nitrogens is 2. The van der Waals surface area contributed by atoms with Gasteiger partial charge in [-0.1, -0.05) is 0 Å². The third-order valence-electron chi connectivity index (χ3n) is 5.44. The van der Waals surface area contributed by atoms with Gasteiger partial charge in [-0.15, -0.1) is 0 Å². The summed E-state index contributed by atoms with van der Waals surface area (Å²) in [5, 5.41) is 7.26. The average molecular weight is 347 g/mol. The smallest absolute Gasteiger partial charge is 0.244 e. The number of carbonyl (C=O) groups excluding carboxylic acids is 2. The lowest BCUT2D eigenvalue weighted by molar-refractivity contribution is -0.135. The maximum Gasteiger partial charge on any atom is 0.244 e. The van der Waals surface area contributed by atoms with E-state index >= 15 is 0 Å². The van der Waals surface area contributed by atoms with E-state index in [1.807, 2.05) is 23.0 Å². The summed E-state index contributed by atoms with van der Waals surface area (Å²) in [6.07, 6.45) is 8.35. The number of likely N-dealkylation sites (N-methyl/N-ethyl adjacent to an activating group) is 1. The van der Waals surface area contributed by atoms with Gasteiger partial charge in [-0.05, 0) is 38.6 Å². The molecule has 2 aliphatic heterocycles. The van der Waals surface area contributed by atoms with Crippen LogP contribution in [-0.2, 0) is 16.6 Å². The zero-order valence-electron chi connectivity index (χ0n) is 15.3. The molecule has 1 unspecified atom stereocenters. The molecule has 0 aliphatic carbocycles. The molecule has 138 valence electrons. The number of amides is 2. The molecule has 0 radical (unpaired) electrons. The van der Waals surface area contributed by atoms with Crippen molar-refractivity contribution >= 4 is 11.8 Å². The number of likely N-dealkylation sites (tertiary alicyclic amines) is 2. The van der Waals surface area contributed by atoms with E-state index in [1.54, 1.807) is 17.9 Å². The minimum atomic E-state index is -0.350. The van der Waals surface area contributed by atoms with Crippen LogP contribution in [-0.4, -0.2) is 64.6 Å². The first-order valence-corrected chi connectivity index (χ1v) is 9.31. The molecular weight excluding hydrogens is 318 g/mol. The molecule has 2 amide bonds. The van der Waals surface area contributed by atoms with Crippen LogP contribution in [0.1, 0.15) is 43.7 Å². The molecule has 0 spiro atoms. The van der Waals surface area contributed by atoms with Crippen molar-refractivity contribution in [1.29, 1.82) is 0 Å². The van der Waals surface area contributed by atoms with Gasteiger partial charge in [-0.3, -0.25) is 14.3 Å². The van der Waals surface area contributed by atoms with Gasteiger partial charge in [-0.2, -0.15) is 5.10 Å². The van der Waals surface area contributed by atoms with Crippen LogP contribution >= 0.6 is 0 Å². The van der Waals surface area contributed by atoms with Crippen LogP contribution in [0.3, 0.4) is 0 Å². The predicted octanol–water partition coefficient (Wildman–Crippen LogP) is 0.932. The first kappa shape index (κ1) is 17.9. The average Bonchev–Trinajstić information content (AvgIpc) is 3.28. The second-order valence-electron chi connectivity index (χ2n) is 7.23. The molecule has 7 nitrogen and oxygen atoms in total. The van der Waals surface area contributed by atoms with Gasteiger partial charge in [0.2, 0.25) is 11.8 Å². The molecule has 0 aromatic carbocycles. The van der Waals surface area contributed by atoms with Crippen LogP contribution in [0.2, 0.25) is 0 Å². The Morgan fingerprint density at radius 1 is 1.20 bits per heavy atom. The molecule has 25 heavy (non-hydrogen) atoms. The molecule has 2 fully saturated rings. The predicted molar refractivity (Wildman–Crippen MR) is 94.7 cm³/mol. The summed E-state index contributed by atoms with van der Waals surface area (Å²) in [5.41, 5.74) is 0.890. The molecule has 1 N–H and O–H groups in total. The molecule has 2 saturated heterocycles. The third-order valence-corrected chi connectivity index (χ3v) is 5.44. The van der Waals surface area contributed by atoms with Gasteiger partial charge in [0, 0.05) is 51.4 Å². The highest BCUT2D eigenvalue weighted by Gasteiger charge is 2.30. The van der Waals surface area contributed by atoms with Crippen molar-refractivity contribution in [2.24, 2.45) is 13.0 Å². The minimum Gasteiger partial charge on any atom is -0.343 e. The first-order chi connectivity index (χ1) is 12.1. The Labute approximate surface area is 149 Å². The largest absolute Gasteiger partial charge is 0.343 e. The Hall–Kier alpha value is -1.89. The van der Waals surface area contributed by atoms with Crippen molar-refractivity contribution in [1.82, 2.24) is 24.9 Å². The molecule has 2 aliphatic rings. The van der Waals surface area contributed by atoms with E-state index in [0.29, 0.717) is 18.2 Å². The van der Waals surface area contributed by atoms with Crippen molar-refractivity contribution in [2.45, 2.75) is 38.1 Å². The Morgan fingerprint density at radius 3 is 2.44 bits per heavy atom. The molecule has 0 saturated carbocycles. The van der Waals surface area contributed by atoms with Crippen molar-refractivity contribution in [3.63, 3.8) is 0 Å². The van der Waals surface area contributed by atoms with E-state index in [1.165, 1.54) is 0 Å². The zero-order chi connectivity index (χ0) is 17.8. The summed E-state index contributed by atoms with van der Waals surface area (Å²) in [7, 11) is 3.65. The highest BCUT2D eigenvalue weighted by molar-refractivity contribution is 5.83. The van der Waals surface area contributed by atoms with E-state index in [9.17, 15) is 9.59 Å². The molecule has 3 rings (SSSR count). The zero-order valence-corrected chi connectivity index (χ0v) is 15.3. The van der Waals surface area contributed by atoms with Gasteiger partial charge in [-0.25, -0.2) is 0 Å². The van der Waals surface area contributed by atoms with E-state index in [4.69, 9.17) is 0 Å². The van der Waals surface area contributed by atoms with Gasteiger partial charge >= 0.3 is 0 Å². The van der Waals surface area contributed by atoms with Crippen molar-refractivity contribution in [3.8, 4) is 0 Å². The van der Waals surface area contributed by atoms with Crippen molar-refractivity contribution in [3.05, 3.63) is 18.0 Å². The van der Waals surface area contributed by atoms with E-state index in [0.717, 1.165) is 57.4 Å². The summed E-state index contributed by atoms with van der Waals surface area (Å²) >= 11 is 0. The second kappa shape index (κ2) is 7.99. The number of piperidine rings is 1. The van der Waals surface area contributed by atoms with Crippen LogP contribution in [0.15, 0.2) is 12.4 Å². The maximum absolute atomic E-state index is 12.8. The lowest BCUT2D eigenvalue weighted by Crippen LogP contribution is -2.44. The molecule has 1 atom stereocenters. The van der Waals surface area contributed by atoms with Crippen LogP contribution < -0.4 is 5.32 Å². The van der Waals surface area contributed by atoms with Crippen LogP contribution in [0.5, 0.6) is 0 Å². The fraction of sp³-hybridized carbons (Fsp3) is 0.722. The Morgan fingerprint density at radius 2 is 1.88 bits per heavy atom. The van der Waals surface area contributed by atoms with E-state index in [-0.39, 0.29) is 11.9 Å². The summed E-state index contributed by atoms with van der Waals surface area (Å²) in [6, 6.07) is -0.350. The highest BCUT2D eigenvalue weighted by atomic mass is 16.2. The number of rotatable bonds is 5. The molecule has 3 heterocycles. The topological polar surface area (TPSA) is 70.5 Å². The Bertz CT molecular complexity index is 600. The Kier molecular flexibility index (Phi) is 5.73. The normalized spacial score (nSPS) is 20.1. The molecule has 7 heteroatoms. The first-order valence-electron chi connectivity index (χ1n) is 9.31. The Balaban J connectivity index is 1.50. The second-order valence-corrected chi connectivity index (χ2v) is 7.23. The third kappa shape index (κ3) is 4.21. The number of carbonyl (C=O) groups is 2. The highest BCUT2D eigenvalue weighted by Crippen LogP contribution is 2.25. The standard InChI is InChI=1S/C18H29N5O2/c1-19-17(15-12-20-21(2)13-15)18(25)23-9-5-14(6-10-23)11-16(24)22-7-3-4-8-22/h12-14,17,19H,3-11H2,1-2H3. The van der Waals surface area contributed by atoms with Gasteiger partial charge in [0.1, 0.15) is 6.04 Å². The monoisotopic (exact) mass is 347 g/mol. The number of hydrogen-bond acceptors (Lipinski definition) is 4. The fourth-order valence-corrected chi connectivity index (χ4v) is 3.90. The molecule has 0 bridgehead atoms. The van der Waals surface area contributed by atoms with E-state index < -0.39 is 0 Å². The minimum absolute atomic E-state index is 0.0971. The lowest BCUT2D eigenvalue weighted by Gasteiger charge is -2.34. The quantitative estimate of drug-likeness (QED) is 0.860. The number of nitrogens with zero attached hydrogens (tertiary/aromatic N) is 4. The number of hydrogen-bond donors (Lipinski definition) is 1. The van der Waals surface area contributed by atoms with Crippen LogP contribution in [0, 0.1) is 5.92 Å². The summed E-state index contributed by atoms with van der Waals surface area (Å²) in [4.78, 5) is 29.0. The molecular formula is C18H29N5O2. The van der Waals surface area contributed by atoms with Gasteiger partial charge in [0.05, 0.1) is 6.20 Å². The van der Waals surface area contributed by atoms with Gasteiger partial charge in [0.25, 0.3) is 0 Å². The molecule has 1 aromatic rings. The lowest BCUT2D eigenvalue weighted by atomic mass is 9.92. The van der Waals surface area contributed by atoms with Gasteiger partial charge in [0.15, 0.2) is 0 Å². The maximum atomic E-state index is 12.8. The van der Waals surface area contributed by atoms with Crippen molar-refractivity contribution < 1.29 is 9.59 Å². The number of nitrogens with one attached hydrogen (secondary N) is 1. The van der Waals surface area contributed by atoms with Gasteiger partial charge < -0.3 is 15.1 Å². The molecule has 1 aromatic heterocycles.